The SMILES string of the molecule is CCC1(CC)CCN(Cc2cccc([N+](=O)[O-])c2N)CC1. The number of likely N-dealkylation sites (tertiary alicyclic amines) is 1. The van der Waals surface area contributed by atoms with Crippen molar-refractivity contribution in [2.24, 2.45) is 5.41 Å². The van der Waals surface area contributed by atoms with Crippen LogP contribution >= 0.6 is 0 Å². The van der Waals surface area contributed by atoms with Gasteiger partial charge < -0.3 is 5.73 Å². The highest BCUT2D eigenvalue weighted by molar-refractivity contribution is 5.62. The van der Waals surface area contributed by atoms with Crippen molar-refractivity contribution in [3.8, 4) is 0 Å². The Kier molecular flexibility index (Phi) is 4.83. The summed E-state index contributed by atoms with van der Waals surface area (Å²) in [5, 5.41) is 10.9. The van der Waals surface area contributed by atoms with Gasteiger partial charge in [0.2, 0.25) is 0 Å². The number of piperidine rings is 1. The van der Waals surface area contributed by atoms with E-state index in [2.05, 4.69) is 18.7 Å². The van der Waals surface area contributed by atoms with Crippen LogP contribution in [0.1, 0.15) is 45.1 Å². The second-order valence-electron chi connectivity index (χ2n) is 6.09. The van der Waals surface area contributed by atoms with E-state index in [1.807, 2.05) is 6.07 Å². The molecule has 0 bridgehead atoms. The molecule has 0 amide bonds. The smallest absolute Gasteiger partial charge is 0.292 e. The molecule has 2 rings (SSSR count). The van der Waals surface area contributed by atoms with Gasteiger partial charge in [-0.25, -0.2) is 0 Å². The third-order valence-corrected chi connectivity index (χ3v) is 5.18. The summed E-state index contributed by atoms with van der Waals surface area (Å²) in [6, 6.07) is 5.08. The van der Waals surface area contributed by atoms with E-state index in [0.717, 1.165) is 18.7 Å². The van der Waals surface area contributed by atoms with E-state index in [4.69, 9.17) is 5.73 Å². The van der Waals surface area contributed by atoms with Gasteiger partial charge in [0.05, 0.1) is 4.92 Å². The van der Waals surface area contributed by atoms with Crippen LogP contribution in [0.3, 0.4) is 0 Å². The summed E-state index contributed by atoms with van der Waals surface area (Å²) in [6.07, 6.45) is 4.87. The summed E-state index contributed by atoms with van der Waals surface area (Å²) in [6.45, 7) is 7.35. The van der Waals surface area contributed by atoms with Gasteiger partial charge in [0.1, 0.15) is 5.69 Å². The van der Waals surface area contributed by atoms with Crippen LogP contribution in [-0.2, 0) is 6.54 Å². The number of nitrogens with two attached hydrogens (primary N) is 1. The molecule has 0 aliphatic carbocycles. The predicted octanol–water partition coefficient (Wildman–Crippen LogP) is 3.58. The zero-order chi connectivity index (χ0) is 15.5. The maximum atomic E-state index is 10.9. The molecular formula is C16H25N3O2. The summed E-state index contributed by atoms with van der Waals surface area (Å²) >= 11 is 0. The lowest BCUT2D eigenvalue weighted by Crippen LogP contribution is -2.39. The van der Waals surface area contributed by atoms with Crippen molar-refractivity contribution in [2.75, 3.05) is 18.8 Å². The number of benzene rings is 1. The molecule has 0 aromatic heterocycles. The van der Waals surface area contributed by atoms with Crippen LogP contribution < -0.4 is 5.73 Å². The second-order valence-corrected chi connectivity index (χ2v) is 6.09. The lowest BCUT2D eigenvalue weighted by Gasteiger charge is -2.41. The molecule has 1 heterocycles. The molecule has 1 saturated heterocycles. The molecule has 0 spiro atoms. The Balaban J connectivity index is 2.04. The molecule has 116 valence electrons. The Labute approximate surface area is 126 Å². The predicted molar refractivity (Wildman–Crippen MR) is 85.0 cm³/mol. The van der Waals surface area contributed by atoms with E-state index in [1.54, 1.807) is 6.07 Å². The van der Waals surface area contributed by atoms with Crippen molar-refractivity contribution in [3.63, 3.8) is 0 Å². The third-order valence-electron chi connectivity index (χ3n) is 5.18. The van der Waals surface area contributed by atoms with Gasteiger partial charge >= 0.3 is 0 Å². The number of nitro groups is 1. The summed E-state index contributed by atoms with van der Waals surface area (Å²) in [4.78, 5) is 12.9. The van der Waals surface area contributed by atoms with Crippen LogP contribution in [-0.4, -0.2) is 22.9 Å². The molecule has 0 radical (unpaired) electrons. The van der Waals surface area contributed by atoms with Crippen LogP contribution in [0.5, 0.6) is 0 Å². The maximum Gasteiger partial charge on any atom is 0.292 e. The molecule has 5 heteroatoms. The van der Waals surface area contributed by atoms with Crippen LogP contribution in [0.15, 0.2) is 18.2 Å². The number of rotatable bonds is 5. The molecule has 1 aliphatic heterocycles. The molecule has 5 nitrogen and oxygen atoms in total. The van der Waals surface area contributed by atoms with Crippen molar-refractivity contribution in [2.45, 2.75) is 46.1 Å². The van der Waals surface area contributed by atoms with E-state index in [1.165, 1.54) is 31.7 Å². The second kappa shape index (κ2) is 6.43. The molecule has 0 atom stereocenters. The monoisotopic (exact) mass is 291 g/mol. The number of hydrogen-bond donors (Lipinski definition) is 1. The minimum absolute atomic E-state index is 0.0148. The molecule has 1 aromatic carbocycles. The highest BCUT2D eigenvalue weighted by Gasteiger charge is 2.31. The van der Waals surface area contributed by atoms with Crippen molar-refractivity contribution in [1.82, 2.24) is 4.90 Å². The average molecular weight is 291 g/mol. The van der Waals surface area contributed by atoms with E-state index < -0.39 is 4.92 Å². The van der Waals surface area contributed by atoms with Gasteiger partial charge in [-0.15, -0.1) is 0 Å². The number of nitrogens with zero attached hydrogens (tertiary/aromatic N) is 2. The largest absolute Gasteiger partial charge is 0.393 e. The summed E-state index contributed by atoms with van der Waals surface area (Å²) in [7, 11) is 0. The van der Waals surface area contributed by atoms with Gasteiger partial charge in [0, 0.05) is 12.6 Å². The Hall–Kier alpha value is -1.62. The zero-order valence-corrected chi connectivity index (χ0v) is 13.0. The van der Waals surface area contributed by atoms with Crippen molar-refractivity contribution in [1.29, 1.82) is 0 Å². The number of nitro benzene ring substituents is 1. The van der Waals surface area contributed by atoms with E-state index >= 15 is 0 Å². The normalized spacial score (nSPS) is 18.6. The minimum Gasteiger partial charge on any atom is -0.393 e. The molecule has 0 saturated carbocycles. The van der Waals surface area contributed by atoms with Crippen LogP contribution in [0.4, 0.5) is 11.4 Å². The van der Waals surface area contributed by atoms with Crippen LogP contribution in [0.2, 0.25) is 0 Å². The topological polar surface area (TPSA) is 72.4 Å². The number of nitrogen functional groups attached to an aromatic ring is 1. The average Bonchev–Trinajstić information content (AvgIpc) is 2.50. The third kappa shape index (κ3) is 3.35. The molecule has 1 aliphatic rings. The molecule has 0 unspecified atom stereocenters. The van der Waals surface area contributed by atoms with Gasteiger partial charge in [0.15, 0.2) is 0 Å². The first-order chi connectivity index (χ1) is 10.0. The zero-order valence-electron chi connectivity index (χ0n) is 13.0. The summed E-state index contributed by atoms with van der Waals surface area (Å²) in [5.41, 5.74) is 7.62. The van der Waals surface area contributed by atoms with Crippen LogP contribution in [0.25, 0.3) is 0 Å². The Bertz CT molecular complexity index is 502. The van der Waals surface area contributed by atoms with E-state index in [-0.39, 0.29) is 5.69 Å². The van der Waals surface area contributed by atoms with Gasteiger partial charge in [0.25, 0.3) is 5.69 Å². The van der Waals surface area contributed by atoms with E-state index in [9.17, 15) is 10.1 Å². The molecule has 1 aromatic rings. The fraction of sp³-hybridized carbons (Fsp3) is 0.625. The molecule has 21 heavy (non-hydrogen) atoms. The molecule has 2 N–H and O–H groups in total. The fourth-order valence-electron chi connectivity index (χ4n) is 3.28. The first kappa shape index (κ1) is 15.8. The number of anilines is 1. The molecular weight excluding hydrogens is 266 g/mol. The van der Waals surface area contributed by atoms with Gasteiger partial charge in [-0.3, -0.25) is 15.0 Å². The first-order valence-electron chi connectivity index (χ1n) is 7.75. The lowest BCUT2D eigenvalue weighted by atomic mass is 9.74. The van der Waals surface area contributed by atoms with Crippen molar-refractivity contribution < 1.29 is 4.92 Å². The minimum atomic E-state index is -0.409. The van der Waals surface area contributed by atoms with Gasteiger partial charge in [-0.1, -0.05) is 38.8 Å². The fourth-order valence-corrected chi connectivity index (χ4v) is 3.28. The van der Waals surface area contributed by atoms with Crippen molar-refractivity contribution in [3.05, 3.63) is 33.9 Å². The van der Waals surface area contributed by atoms with Crippen LogP contribution in [0, 0.1) is 15.5 Å². The Morgan fingerprint density at radius 1 is 1.29 bits per heavy atom. The summed E-state index contributed by atoms with van der Waals surface area (Å²) < 4.78 is 0. The Morgan fingerprint density at radius 3 is 2.43 bits per heavy atom. The maximum absolute atomic E-state index is 10.9. The molecule has 1 fully saturated rings. The first-order valence-corrected chi connectivity index (χ1v) is 7.75. The number of hydrogen-bond acceptors (Lipinski definition) is 4. The highest BCUT2D eigenvalue weighted by Crippen LogP contribution is 2.38. The summed E-state index contributed by atoms with van der Waals surface area (Å²) in [5.74, 6) is 0. The van der Waals surface area contributed by atoms with Gasteiger partial charge in [-0.05, 0) is 36.9 Å². The quantitative estimate of drug-likeness (QED) is 0.511. The Morgan fingerprint density at radius 2 is 1.90 bits per heavy atom. The highest BCUT2D eigenvalue weighted by atomic mass is 16.6. The van der Waals surface area contributed by atoms with E-state index in [0.29, 0.717) is 17.6 Å². The number of para-hydroxylation sites is 1. The van der Waals surface area contributed by atoms with Gasteiger partial charge in [-0.2, -0.15) is 0 Å². The van der Waals surface area contributed by atoms with Crippen molar-refractivity contribution >= 4 is 11.4 Å². The standard InChI is InChI=1S/C16H25N3O2/c1-3-16(4-2)8-10-18(11-9-16)12-13-6-5-7-14(15(13)17)19(20)21/h5-7H,3-4,8-12,17H2,1-2H3. The lowest BCUT2D eigenvalue weighted by molar-refractivity contribution is -0.384.